The predicted molar refractivity (Wildman–Crippen MR) is 33.3 cm³/mol. The molecule has 8 heavy (non-hydrogen) atoms. The summed E-state index contributed by atoms with van der Waals surface area (Å²) in [6, 6.07) is 0. The summed E-state index contributed by atoms with van der Waals surface area (Å²) in [6.45, 7) is 0. The van der Waals surface area contributed by atoms with Crippen molar-refractivity contribution in [3.63, 3.8) is 0 Å². The molecule has 0 aliphatic carbocycles. The van der Waals surface area contributed by atoms with Crippen LogP contribution in [-0.4, -0.2) is 24.9 Å². The van der Waals surface area contributed by atoms with Crippen LogP contribution in [0.5, 0.6) is 0 Å². The van der Waals surface area contributed by atoms with Gasteiger partial charge in [0, 0.05) is 0 Å². The Morgan fingerprint density at radius 1 is 1.38 bits per heavy atom. The van der Waals surface area contributed by atoms with E-state index in [2.05, 4.69) is 15.8 Å². The van der Waals surface area contributed by atoms with E-state index in [9.17, 15) is 0 Å². The number of hydrogen-bond donors (Lipinski definition) is 0. The summed E-state index contributed by atoms with van der Waals surface area (Å²) >= 11 is 0.543. The molecule has 0 aliphatic heterocycles. The molecular weight excluding hydrogens is 167 g/mol. The second kappa shape index (κ2) is 2.80. The zero-order valence-electron chi connectivity index (χ0n) is 4.53. The fourth-order valence-electron chi connectivity index (χ4n) is 0.391. The Hall–Kier alpha value is -0.401. The third-order valence-corrected chi connectivity index (χ3v) is 2.20. The van der Waals surface area contributed by atoms with E-state index in [1.54, 1.807) is 6.33 Å². The average molecular weight is 173 g/mol. The van der Waals surface area contributed by atoms with Crippen LogP contribution in [0.3, 0.4) is 0 Å². The molecule has 0 spiro atoms. The fraction of sp³-hybridized carbons (Fsp3) is 0.200. The van der Waals surface area contributed by atoms with E-state index in [1.807, 2.05) is 12.4 Å². The van der Waals surface area contributed by atoms with E-state index < -0.39 is 0 Å². The monoisotopic (exact) mass is 174 g/mol. The summed E-state index contributed by atoms with van der Waals surface area (Å²) in [5.74, 6) is 2.14. The molecule has 42 valence electrons. The van der Waals surface area contributed by atoms with Crippen molar-refractivity contribution in [2.75, 3.05) is 0 Å². The molecule has 2 nitrogen and oxygen atoms in total. The quantitative estimate of drug-likeness (QED) is 0.552. The molecular formula is C5H6N2Se. The van der Waals surface area contributed by atoms with Gasteiger partial charge < -0.3 is 0 Å². The van der Waals surface area contributed by atoms with Crippen molar-refractivity contribution < 1.29 is 0 Å². The Morgan fingerprint density at radius 2 is 2.00 bits per heavy atom. The molecule has 0 radical (unpaired) electrons. The molecule has 0 unspecified atom stereocenters. The molecule has 1 heterocycles. The first-order chi connectivity index (χ1) is 3.93. The maximum atomic E-state index is 3.86. The van der Waals surface area contributed by atoms with Crippen molar-refractivity contribution in [2.24, 2.45) is 0 Å². The molecule has 0 atom stereocenters. The zero-order chi connectivity index (χ0) is 5.82. The summed E-state index contributed by atoms with van der Waals surface area (Å²) in [7, 11) is 0. The molecule has 0 amide bonds. The molecule has 1 aromatic heterocycles. The second-order valence-corrected chi connectivity index (χ2v) is 3.12. The van der Waals surface area contributed by atoms with Crippen LogP contribution in [0.1, 0.15) is 0 Å². The molecule has 1 aromatic rings. The first kappa shape index (κ1) is 5.73. The van der Waals surface area contributed by atoms with E-state index in [4.69, 9.17) is 0 Å². The van der Waals surface area contributed by atoms with Crippen LogP contribution in [0.25, 0.3) is 0 Å². The van der Waals surface area contributed by atoms with E-state index in [-0.39, 0.29) is 0 Å². The second-order valence-electron chi connectivity index (χ2n) is 1.28. The van der Waals surface area contributed by atoms with Crippen molar-refractivity contribution >= 4 is 19.4 Å². The minimum atomic E-state index is 0.543. The fourth-order valence-corrected chi connectivity index (χ4v) is 1.09. The summed E-state index contributed by atoms with van der Waals surface area (Å²) < 4.78 is 1.25. The van der Waals surface area contributed by atoms with E-state index >= 15 is 0 Å². The van der Waals surface area contributed by atoms with Crippen molar-refractivity contribution in [1.82, 2.24) is 9.97 Å². The Labute approximate surface area is 54.5 Å². The topological polar surface area (TPSA) is 25.8 Å². The zero-order valence-corrected chi connectivity index (χ0v) is 6.25. The standard InChI is InChI=1S/C5H6N2Se/c1-8-5-2-6-4-7-3-5/h2-4H,1H3. The van der Waals surface area contributed by atoms with Gasteiger partial charge in [-0.05, 0) is 0 Å². The van der Waals surface area contributed by atoms with Gasteiger partial charge in [0.15, 0.2) is 0 Å². The Bertz CT molecular complexity index is 152. The number of rotatable bonds is 1. The van der Waals surface area contributed by atoms with Gasteiger partial charge in [0.25, 0.3) is 0 Å². The van der Waals surface area contributed by atoms with Crippen LogP contribution in [0.15, 0.2) is 18.7 Å². The molecule has 0 fully saturated rings. The summed E-state index contributed by atoms with van der Waals surface area (Å²) in [5.41, 5.74) is 0. The third kappa shape index (κ3) is 1.29. The van der Waals surface area contributed by atoms with Crippen molar-refractivity contribution in [3.8, 4) is 0 Å². The Balaban J connectivity index is 2.83. The Morgan fingerprint density at radius 3 is 2.38 bits per heavy atom. The van der Waals surface area contributed by atoms with Gasteiger partial charge in [-0.25, -0.2) is 0 Å². The van der Waals surface area contributed by atoms with Crippen LogP contribution in [0.2, 0.25) is 5.82 Å². The summed E-state index contributed by atoms with van der Waals surface area (Å²) in [4.78, 5) is 7.72. The minimum absolute atomic E-state index is 0.543. The van der Waals surface area contributed by atoms with E-state index in [1.165, 1.54) is 4.46 Å². The van der Waals surface area contributed by atoms with Gasteiger partial charge in [-0.15, -0.1) is 0 Å². The van der Waals surface area contributed by atoms with Crippen LogP contribution in [0, 0.1) is 0 Å². The molecule has 0 saturated carbocycles. The van der Waals surface area contributed by atoms with Crippen LogP contribution >= 0.6 is 0 Å². The van der Waals surface area contributed by atoms with Gasteiger partial charge in [-0.1, -0.05) is 0 Å². The molecule has 0 bridgehead atoms. The van der Waals surface area contributed by atoms with Gasteiger partial charge >= 0.3 is 53.9 Å². The van der Waals surface area contributed by atoms with E-state index in [0.717, 1.165) is 0 Å². The van der Waals surface area contributed by atoms with Crippen molar-refractivity contribution in [1.29, 1.82) is 0 Å². The molecule has 3 heteroatoms. The normalized spacial score (nSPS) is 9.12. The van der Waals surface area contributed by atoms with Gasteiger partial charge in [0.2, 0.25) is 0 Å². The molecule has 0 N–H and O–H groups in total. The van der Waals surface area contributed by atoms with Gasteiger partial charge in [0.05, 0.1) is 0 Å². The number of aromatic nitrogens is 2. The van der Waals surface area contributed by atoms with Gasteiger partial charge in [-0.3, -0.25) is 0 Å². The predicted octanol–water partition coefficient (Wildman–Crippen LogP) is -0.146. The first-order valence-corrected chi connectivity index (χ1v) is 4.79. The third-order valence-electron chi connectivity index (χ3n) is 0.773. The van der Waals surface area contributed by atoms with Gasteiger partial charge in [0.1, 0.15) is 0 Å². The van der Waals surface area contributed by atoms with Crippen LogP contribution in [-0.2, 0) is 0 Å². The first-order valence-electron chi connectivity index (χ1n) is 2.22. The summed E-state index contributed by atoms with van der Waals surface area (Å²) in [6.07, 6.45) is 5.26. The molecule has 0 saturated heterocycles. The molecule has 0 aliphatic rings. The van der Waals surface area contributed by atoms with Crippen molar-refractivity contribution in [2.45, 2.75) is 5.82 Å². The number of nitrogens with zero attached hydrogens (tertiary/aromatic N) is 2. The Kier molecular flexibility index (Phi) is 2.00. The average Bonchev–Trinajstić information content (AvgIpc) is 1.90. The number of hydrogen-bond acceptors (Lipinski definition) is 2. The summed E-state index contributed by atoms with van der Waals surface area (Å²) in [5, 5.41) is 0. The van der Waals surface area contributed by atoms with Crippen molar-refractivity contribution in [3.05, 3.63) is 18.7 Å². The molecule has 0 aromatic carbocycles. The SMILES string of the molecule is C[Se]c1cncnc1. The van der Waals surface area contributed by atoms with Gasteiger partial charge in [-0.2, -0.15) is 0 Å². The van der Waals surface area contributed by atoms with E-state index in [0.29, 0.717) is 15.0 Å². The maximum absolute atomic E-state index is 3.86. The van der Waals surface area contributed by atoms with Crippen LogP contribution < -0.4 is 4.46 Å². The van der Waals surface area contributed by atoms with Crippen LogP contribution in [0.4, 0.5) is 0 Å². The molecule has 1 rings (SSSR count).